The Kier molecular flexibility index (Phi) is 3.43. The number of hydrogen-bond donors (Lipinski definition) is 2. The number of rotatable bonds is 2. The molecule has 1 rings (SSSR count). The van der Waals surface area contributed by atoms with Crippen LogP contribution in [0.15, 0.2) is 11.3 Å². The zero-order valence-corrected chi connectivity index (χ0v) is 8.76. The predicted molar refractivity (Wildman–Crippen MR) is 56.2 cm³/mol. The summed E-state index contributed by atoms with van der Waals surface area (Å²) in [5.41, 5.74) is 11.8. The highest BCUT2D eigenvalue weighted by Crippen LogP contribution is 2.13. The van der Waals surface area contributed by atoms with Gasteiger partial charge in [-0.15, -0.1) is 0 Å². The minimum atomic E-state index is -0.467. The van der Waals surface area contributed by atoms with Gasteiger partial charge in [-0.1, -0.05) is 12.2 Å². The third-order valence-corrected chi connectivity index (χ3v) is 2.45. The SMILES string of the molecule is CN1COCC(=C(N)CC(N)=O)C1=S. The second kappa shape index (κ2) is 4.39. The van der Waals surface area contributed by atoms with Gasteiger partial charge in [0.25, 0.3) is 0 Å². The molecule has 5 nitrogen and oxygen atoms in total. The molecule has 0 radical (unpaired) electrons. The fraction of sp³-hybridized carbons (Fsp3) is 0.500. The largest absolute Gasteiger partial charge is 0.401 e. The van der Waals surface area contributed by atoms with Crippen molar-refractivity contribution in [2.45, 2.75) is 6.42 Å². The summed E-state index contributed by atoms with van der Waals surface area (Å²) in [4.78, 5) is 13.0. The lowest BCUT2D eigenvalue weighted by atomic mass is 10.1. The average molecular weight is 215 g/mol. The zero-order valence-electron chi connectivity index (χ0n) is 7.95. The number of primary amides is 1. The standard InChI is InChI=1S/C8H13N3O2S/c1-11-4-13-3-5(8(11)14)6(9)2-7(10)12/h2-4,9H2,1H3,(H2,10,12). The van der Waals surface area contributed by atoms with Crippen LogP contribution >= 0.6 is 12.2 Å². The minimum Gasteiger partial charge on any atom is -0.401 e. The van der Waals surface area contributed by atoms with Crippen molar-refractivity contribution < 1.29 is 9.53 Å². The first-order valence-electron chi connectivity index (χ1n) is 4.11. The lowest BCUT2D eigenvalue weighted by Crippen LogP contribution is -2.37. The molecule has 0 bridgehead atoms. The number of likely N-dealkylation sites (N-methyl/N-ethyl adjacent to an activating group) is 1. The van der Waals surface area contributed by atoms with Gasteiger partial charge in [-0.3, -0.25) is 4.79 Å². The van der Waals surface area contributed by atoms with Crippen LogP contribution in [0.5, 0.6) is 0 Å². The maximum atomic E-state index is 10.7. The maximum absolute atomic E-state index is 10.7. The highest BCUT2D eigenvalue weighted by atomic mass is 32.1. The summed E-state index contributed by atoms with van der Waals surface area (Å²) in [5, 5.41) is 0. The van der Waals surface area contributed by atoms with E-state index in [4.69, 9.17) is 28.4 Å². The smallest absolute Gasteiger partial charge is 0.223 e. The third kappa shape index (κ3) is 2.43. The number of carbonyl (C=O) groups excluding carboxylic acids is 1. The van der Waals surface area contributed by atoms with Crippen molar-refractivity contribution >= 4 is 23.1 Å². The summed E-state index contributed by atoms with van der Waals surface area (Å²) in [5.74, 6) is -0.467. The molecule has 0 unspecified atom stereocenters. The van der Waals surface area contributed by atoms with Gasteiger partial charge < -0.3 is 21.1 Å². The van der Waals surface area contributed by atoms with Gasteiger partial charge in [0.05, 0.1) is 13.0 Å². The van der Waals surface area contributed by atoms with Gasteiger partial charge in [0, 0.05) is 18.3 Å². The van der Waals surface area contributed by atoms with Gasteiger partial charge in [-0.25, -0.2) is 0 Å². The highest BCUT2D eigenvalue weighted by Gasteiger charge is 2.19. The Morgan fingerprint density at radius 1 is 1.64 bits per heavy atom. The number of nitrogens with two attached hydrogens (primary N) is 2. The third-order valence-electron chi connectivity index (χ3n) is 1.89. The lowest BCUT2D eigenvalue weighted by molar-refractivity contribution is -0.117. The summed E-state index contributed by atoms with van der Waals surface area (Å²) in [6.07, 6.45) is 0.0205. The predicted octanol–water partition coefficient (Wildman–Crippen LogP) is -0.678. The van der Waals surface area contributed by atoms with E-state index in [9.17, 15) is 4.79 Å². The Morgan fingerprint density at radius 2 is 2.29 bits per heavy atom. The highest BCUT2D eigenvalue weighted by molar-refractivity contribution is 7.80. The van der Waals surface area contributed by atoms with E-state index < -0.39 is 5.91 Å². The first-order chi connectivity index (χ1) is 6.52. The molecular weight excluding hydrogens is 202 g/mol. The van der Waals surface area contributed by atoms with Crippen LogP contribution in [0.1, 0.15) is 6.42 Å². The van der Waals surface area contributed by atoms with Gasteiger partial charge in [-0.2, -0.15) is 0 Å². The zero-order chi connectivity index (χ0) is 10.7. The Morgan fingerprint density at radius 3 is 2.86 bits per heavy atom. The molecule has 1 amide bonds. The average Bonchev–Trinajstić information content (AvgIpc) is 2.08. The summed E-state index contributed by atoms with van der Waals surface area (Å²) < 4.78 is 5.22. The molecule has 0 spiro atoms. The van der Waals surface area contributed by atoms with Crippen molar-refractivity contribution in [2.75, 3.05) is 20.4 Å². The molecule has 1 saturated heterocycles. The van der Waals surface area contributed by atoms with E-state index in [0.29, 0.717) is 29.6 Å². The molecule has 1 aliphatic rings. The van der Waals surface area contributed by atoms with Gasteiger partial charge in [-0.05, 0) is 0 Å². The fourth-order valence-corrected chi connectivity index (χ4v) is 1.40. The number of amides is 1. The van der Waals surface area contributed by atoms with E-state index >= 15 is 0 Å². The molecule has 4 N–H and O–H groups in total. The van der Waals surface area contributed by atoms with Crippen molar-refractivity contribution in [1.82, 2.24) is 4.90 Å². The number of ether oxygens (including phenoxy) is 1. The van der Waals surface area contributed by atoms with E-state index in [2.05, 4.69) is 0 Å². The van der Waals surface area contributed by atoms with Gasteiger partial charge in [0.1, 0.15) is 11.7 Å². The number of hydrogen-bond acceptors (Lipinski definition) is 4. The van der Waals surface area contributed by atoms with Crippen LogP contribution in [0.4, 0.5) is 0 Å². The van der Waals surface area contributed by atoms with Crippen molar-refractivity contribution in [3.8, 4) is 0 Å². The van der Waals surface area contributed by atoms with Crippen LogP contribution in [0.3, 0.4) is 0 Å². The Hall–Kier alpha value is -1.14. The van der Waals surface area contributed by atoms with Crippen LogP contribution in [-0.2, 0) is 9.53 Å². The number of nitrogens with zero attached hydrogens (tertiary/aromatic N) is 1. The topological polar surface area (TPSA) is 81.6 Å². The first kappa shape index (κ1) is 10.9. The van der Waals surface area contributed by atoms with Crippen molar-refractivity contribution in [3.05, 3.63) is 11.3 Å². The van der Waals surface area contributed by atoms with Gasteiger partial charge in [0.2, 0.25) is 5.91 Å². The second-order valence-electron chi connectivity index (χ2n) is 3.13. The van der Waals surface area contributed by atoms with E-state index in [1.807, 2.05) is 0 Å². The first-order valence-corrected chi connectivity index (χ1v) is 4.52. The van der Waals surface area contributed by atoms with Crippen LogP contribution < -0.4 is 11.5 Å². The summed E-state index contributed by atoms with van der Waals surface area (Å²) in [7, 11) is 1.80. The van der Waals surface area contributed by atoms with Gasteiger partial charge >= 0.3 is 0 Å². The summed E-state index contributed by atoms with van der Waals surface area (Å²) >= 11 is 5.13. The molecule has 1 heterocycles. The van der Waals surface area contributed by atoms with Crippen molar-refractivity contribution in [1.29, 1.82) is 0 Å². The molecule has 1 aliphatic heterocycles. The molecule has 1 fully saturated rings. The van der Waals surface area contributed by atoms with Gasteiger partial charge in [0.15, 0.2) is 0 Å². The molecule has 0 saturated carbocycles. The van der Waals surface area contributed by atoms with Crippen LogP contribution in [0.2, 0.25) is 0 Å². The van der Waals surface area contributed by atoms with E-state index in [1.54, 1.807) is 11.9 Å². The Balaban J connectivity index is 2.83. The van der Waals surface area contributed by atoms with E-state index in [-0.39, 0.29) is 6.42 Å². The molecule has 6 heteroatoms. The minimum absolute atomic E-state index is 0.0205. The molecule has 0 aromatic carbocycles. The molecule has 78 valence electrons. The Labute approximate surface area is 87.7 Å². The summed E-state index contributed by atoms with van der Waals surface area (Å²) in [6, 6.07) is 0. The van der Waals surface area contributed by atoms with Crippen molar-refractivity contribution in [3.63, 3.8) is 0 Å². The van der Waals surface area contributed by atoms with Crippen LogP contribution in [0.25, 0.3) is 0 Å². The van der Waals surface area contributed by atoms with E-state index in [1.165, 1.54) is 0 Å². The molecule has 0 aliphatic carbocycles. The Bertz CT molecular complexity index is 301. The summed E-state index contributed by atoms with van der Waals surface area (Å²) in [6.45, 7) is 0.800. The molecule has 0 atom stereocenters. The monoisotopic (exact) mass is 215 g/mol. The quantitative estimate of drug-likeness (QED) is 0.471. The number of thiocarbonyl (C=S) groups is 1. The lowest BCUT2D eigenvalue weighted by Gasteiger charge is -2.28. The fourth-order valence-electron chi connectivity index (χ4n) is 1.16. The molecule has 14 heavy (non-hydrogen) atoms. The molecular formula is C8H13N3O2S. The normalized spacial score (nSPS) is 20.9. The maximum Gasteiger partial charge on any atom is 0.223 e. The van der Waals surface area contributed by atoms with E-state index in [0.717, 1.165) is 0 Å². The molecule has 0 aromatic heterocycles. The van der Waals surface area contributed by atoms with Crippen LogP contribution in [0, 0.1) is 0 Å². The molecule has 0 aromatic rings. The number of carbonyl (C=O) groups is 1. The van der Waals surface area contributed by atoms with Crippen molar-refractivity contribution in [2.24, 2.45) is 11.5 Å². The van der Waals surface area contributed by atoms with Crippen LogP contribution in [-0.4, -0.2) is 36.2 Å². The second-order valence-corrected chi connectivity index (χ2v) is 3.51.